The second kappa shape index (κ2) is 28.4. The van der Waals surface area contributed by atoms with Gasteiger partial charge in [0.25, 0.3) is 0 Å². The predicted molar refractivity (Wildman–Crippen MR) is 166 cm³/mol. The molecule has 0 aliphatic carbocycles. The third kappa shape index (κ3) is 25.6. The summed E-state index contributed by atoms with van der Waals surface area (Å²) in [6.45, 7) is 7.94. The molecule has 0 aromatic carbocycles. The van der Waals surface area contributed by atoms with Crippen LogP contribution in [0.3, 0.4) is 0 Å². The normalized spacial score (nSPS) is 13.0. The van der Waals surface area contributed by atoms with Crippen molar-refractivity contribution in [3.8, 4) is 0 Å². The Labute approximate surface area is 243 Å². The van der Waals surface area contributed by atoms with E-state index in [1.807, 2.05) is 0 Å². The van der Waals surface area contributed by atoms with Gasteiger partial charge in [0.15, 0.2) is 0 Å². The van der Waals surface area contributed by atoms with Gasteiger partial charge in [-0.1, -0.05) is 124 Å². The fourth-order valence-corrected chi connectivity index (χ4v) is 5.11. The lowest BCUT2D eigenvalue weighted by molar-refractivity contribution is -0.162. The maximum Gasteiger partial charge on any atom is 0.309 e. The maximum atomic E-state index is 13.2. The van der Waals surface area contributed by atoms with E-state index in [2.05, 4.69) is 39.8 Å². The Morgan fingerprint density at radius 3 is 1.59 bits per heavy atom. The molecule has 0 saturated heterocycles. The van der Waals surface area contributed by atoms with Crippen LogP contribution in [0.15, 0.2) is 0 Å². The van der Waals surface area contributed by atoms with Crippen LogP contribution in [0.4, 0.5) is 0 Å². The van der Waals surface area contributed by atoms with E-state index < -0.39 is 0 Å². The minimum Gasteiger partial charge on any atom is -0.462 e. The molecular weight excluding hydrogens is 486 g/mol. The minimum atomic E-state index is -0.316. The van der Waals surface area contributed by atoms with Gasteiger partial charge in [-0.15, -0.1) is 0 Å². The van der Waals surface area contributed by atoms with Gasteiger partial charge in [-0.3, -0.25) is 9.59 Å². The second-order valence-electron chi connectivity index (χ2n) is 12.0. The Morgan fingerprint density at radius 2 is 1.05 bits per heavy atom. The average molecular weight is 554 g/mol. The monoisotopic (exact) mass is 554 g/mol. The molecule has 0 bridgehead atoms. The van der Waals surface area contributed by atoms with Crippen molar-refractivity contribution >= 4 is 11.9 Å². The molecule has 0 heterocycles. The molecule has 39 heavy (non-hydrogen) atoms. The van der Waals surface area contributed by atoms with E-state index in [1.165, 1.54) is 77.0 Å². The Bertz CT molecular complexity index is 551. The highest BCUT2D eigenvalue weighted by molar-refractivity contribution is 5.72. The van der Waals surface area contributed by atoms with Crippen molar-refractivity contribution in [3.05, 3.63) is 0 Å². The Hall–Kier alpha value is -1.10. The van der Waals surface area contributed by atoms with Crippen molar-refractivity contribution in [2.75, 3.05) is 27.2 Å². The van der Waals surface area contributed by atoms with E-state index >= 15 is 0 Å². The molecule has 5 heteroatoms. The molecule has 2 unspecified atom stereocenters. The van der Waals surface area contributed by atoms with Gasteiger partial charge in [-0.2, -0.15) is 0 Å². The fourth-order valence-electron chi connectivity index (χ4n) is 5.11. The van der Waals surface area contributed by atoms with E-state index in [9.17, 15) is 9.59 Å². The zero-order valence-electron chi connectivity index (χ0n) is 26.9. The maximum absolute atomic E-state index is 13.2. The van der Waals surface area contributed by atoms with Gasteiger partial charge < -0.3 is 14.4 Å². The lowest BCUT2D eigenvalue weighted by Gasteiger charge is -2.21. The molecule has 2 atom stereocenters. The summed E-state index contributed by atoms with van der Waals surface area (Å²) in [5, 5.41) is 0. The lowest BCUT2D eigenvalue weighted by Crippen LogP contribution is -2.28. The molecule has 232 valence electrons. The largest absolute Gasteiger partial charge is 0.462 e. The third-order valence-electron chi connectivity index (χ3n) is 7.72. The van der Waals surface area contributed by atoms with Gasteiger partial charge in [0.1, 0.15) is 12.7 Å². The summed E-state index contributed by atoms with van der Waals surface area (Å²) in [7, 11) is 4.15. The molecule has 0 aliphatic rings. The number of ether oxygens (including phenoxy) is 2. The van der Waals surface area contributed by atoms with Crippen molar-refractivity contribution < 1.29 is 19.1 Å². The summed E-state index contributed by atoms with van der Waals surface area (Å²) in [6, 6.07) is 0. The van der Waals surface area contributed by atoms with E-state index in [-0.39, 0.29) is 30.6 Å². The van der Waals surface area contributed by atoms with Crippen LogP contribution in [0, 0.1) is 5.92 Å². The number of rotatable bonds is 29. The Balaban J connectivity index is 4.74. The molecule has 0 rings (SSSR count). The van der Waals surface area contributed by atoms with Gasteiger partial charge >= 0.3 is 11.9 Å². The minimum absolute atomic E-state index is 0.0181. The third-order valence-corrected chi connectivity index (χ3v) is 7.72. The molecule has 0 aromatic rings. The van der Waals surface area contributed by atoms with Crippen LogP contribution in [-0.4, -0.2) is 50.2 Å². The highest BCUT2D eigenvalue weighted by atomic mass is 16.6. The lowest BCUT2D eigenvalue weighted by atomic mass is 9.94. The number of nitrogens with zero attached hydrogens (tertiary/aromatic N) is 1. The topological polar surface area (TPSA) is 55.8 Å². The summed E-state index contributed by atoms with van der Waals surface area (Å²) in [4.78, 5) is 27.9. The molecule has 0 spiro atoms. The molecule has 0 N–H and O–H groups in total. The van der Waals surface area contributed by atoms with Crippen LogP contribution in [0.25, 0.3) is 0 Å². The first-order chi connectivity index (χ1) is 18.9. The van der Waals surface area contributed by atoms with Crippen molar-refractivity contribution in [3.63, 3.8) is 0 Å². The van der Waals surface area contributed by atoms with Gasteiger partial charge in [0.05, 0.1) is 5.92 Å². The van der Waals surface area contributed by atoms with Gasteiger partial charge in [0.2, 0.25) is 0 Å². The van der Waals surface area contributed by atoms with Crippen molar-refractivity contribution in [1.29, 1.82) is 0 Å². The smallest absolute Gasteiger partial charge is 0.309 e. The first-order valence-electron chi connectivity index (χ1n) is 16.9. The quantitative estimate of drug-likeness (QED) is 0.0681. The SMILES string of the molecule is CCCCCCCCCC(CCCCCCC)C(=O)OCC(CCCCCC)OC(=O)CCCCCN(C)C. The Morgan fingerprint density at radius 1 is 0.590 bits per heavy atom. The highest BCUT2D eigenvalue weighted by Gasteiger charge is 2.22. The average Bonchev–Trinajstić information content (AvgIpc) is 2.91. The summed E-state index contributed by atoms with van der Waals surface area (Å²) in [5.74, 6) is -0.239. The molecule has 0 amide bonds. The summed E-state index contributed by atoms with van der Waals surface area (Å²) >= 11 is 0. The molecule has 0 aromatic heterocycles. The zero-order valence-corrected chi connectivity index (χ0v) is 26.9. The number of carbonyl (C=O) groups excluding carboxylic acids is 2. The molecule has 0 saturated carbocycles. The van der Waals surface area contributed by atoms with Crippen molar-refractivity contribution in [2.24, 2.45) is 5.92 Å². The summed E-state index contributed by atoms with van der Waals surface area (Å²) in [5.41, 5.74) is 0. The van der Waals surface area contributed by atoms with Crippen LogP contribution >= 0.6 is 0 Å². The number of esters is 2. The van der Waals surface area contributed by atoms with E-state index in [4.69, 9.17) is 9.47 Å². The first kappa shape index (κ1) is 37.9. The number of carbonyl (C=O) groups is 2. The van der Waals surface area contributed by atoms with Gasteiger partial charge in [-0.05, 0) is 59.2 Å². The van der Waals surface area contributed by atoms with Crippen molar-refractivity contribution in [2.45, 2.75) is 175 Å². The molecule has 0 aliphatic heterocycles. The first-order valence-corrected chi connectivity index (χ1v) is 16.9. The van der Waals surface area contributed by atoms with Gasteiger partial charge in [0, 0.05) is 6.42 Å². The van der Waals surface area contributed by atoms with Crippen LogP contribution in [-0.2, 0) is 19.1 Å². The Kier molecular flexibility index (Phi) is 27.6. The number of unbranched alkanes of at least 4 members (excludes halogenated alkanes) is 15. The fraction of sp³-hybridized carbons (Fsp3) is 0.941. The summed E-state index contributed by atoms with van der Waals surface area (Å²) in [6.07, 6.45) is 25.1. The molecular formula is C34H67NO4. The summed E-state index contributed by atoms with van der Waals surface area (Å²) < 4.78 is 11.7. The zero-order chi connectivity index (χ0) is 29.0. The van der Waals surface area contributed by atoms with Crippen LogP contribution < -0.4 is 0 Å². The van der Waals surface area contributed by atoms with Crippen LogP contribution in [0.2, 0.25) is 0 Å². The predicted octanol–water partition coefficient (Wildman–Crippen LogP) is 9.65. The van der Waals surface area contributed by atoms with Crippen LogP contribution in [0.1, 0.15) is 168 Å². The van der Waals surface area contributed by atoms with Crippen molar-refractivity contribution in [1.82, 2.24) is 4.90 Å². The van der Waals surface area contributed by atoms with Crippen LogP contribution in [0.5, 0.6) is 0 Å². The highest BCUT2D eigenvalue weighted by Crippen LogP contribution is 2.21. The number of hydrogen-bond donors (Lipinski definition) is 0. The molecule has 0 radical (unpaired) electrons. The molecule has 0 fully saturated rings. The van der Waals surface area contributed by atoms with E-state index in [1.54, 1.807) is 0 Å². The number of hydrogen-bond acceptors (Lipinski definition) is 5. The molecule has 5 nitrogen and oxygen atoms in total. The second-order valence-corrected chi connectivity index (χ2v) is 12.0. The van der Waals surface area contributed by atoms with E-state index in [0.717, 1.165) is 70.8 Å². The van der Waals surface area contributed by atoms with Gasteiger partial charge in [-0.25, -0.2) is 0 Å². The standard InChI is InChI=1S/C34H67NO4/c1-6-9-12-15-16-18-21-26-31(25-20-17-13-10-7-2)34(37)38-30-32(27-22-14-11-8-3)39-33(36)28-23-19-24-29-35(4)5/h31-32H,6-30H2,1-5H3. The van der Waals surface area contributed by atoms with E-state index in [0.29, 0.717) is 6.42 Å².